The Morgan fingerprint density at radius 3 is 2.48 bits per heavy atom. The SMILES string of the molecule is Cc1ccc(N2C(N)=C(C#N)[C@@H](c3ccc(Br)s3)C3=C2CC(C)(C)CC3=O)cc1. The lowest BCUT2D eigenvalue weighted by atomic mass is 9.69. The first-order valence-electron chi connectivity index (χ1n) is 9.50. The van der Waals surface area contributed by atoms with E-state index in [1.54, 1.807) is 11.3 Å². The molecular weight excluding hydrogens is 446 g/mol. The summed E-state index contributed by atoms with van der Waals surface area (Å²) in [4.78, 5) is 16.3. The van der Waals surface area contributed by atoms with E-state index in [2.05, 4.69) is 35.8 Å². The first kappa shape index (κ1) is 19.9. The molecule has 2 aromatic rings. The predicted molar refractivity (Wildman–Crippen MR) is 120 cm³/mol. The maximum Gasteiger partial charge on any atom is 0.162 e. The van der Waals surface area contributed by atoms with Gasteiger partial charge >= 0.3 is 0 Å². The Kier molecular flexibility index (Phi) is 4.92. The lowest BCUT2D eigenvalue weighted by Crippen LogP contribution is -2.42. The molecule has 1 atom stereocenters. The third-order valence-electron chi connectivity index (χ3n) is 5.55. The number of nitriles is 1. The molecule has 1 aliphatic heterocycles. The van der Waals surface area contributed by atoms with Crippen LogP contribution in [-0.4, -0.2) is 5.78 Å². The van der Waals surface area contributed by atoms with Crippen LogP contribution in [0.4, 0.5) is 5.69 Å². The second-order valence-electron chi connectivity index (χ2n) is 8.46. The monoisotopic (exact) mass is 467 g/mol. The molecule has 0 bridgehead atoms. The Bertz CT molecular complexity index is 1100. The largest absolute Gasteiger partial charge is 0.384 e. The highest BCUT2D eigenvalue weighted by molar-refractivity contribution is 9.11. The van der Waals surface area contributed by atoms with Crippen LogP contribution < -0.4 is 10.6 Å². The molecule has 4 rings (SSSR count). The van der Waals surface area contributed by atoms with Gasteiger partial charge in [0.1, 0.15) is 5.82 Å². The lowest BCUT2D eigenvalue weighted by Gasteiger charge is -2.43. The number of carbonyl (C=O) groups is 1. The van der Waals surface area contributed by atoms with Crippen molar-refractivity contribution in [2.24, 2.45) is 11.1 Å². The summed E-state index contributed by atoms with van der Waals surface area (Å²) in [5, 5.41) is 10.0. The average Bonchev–Trinajstić information content (AvgIpc) is 3.07. The Hall–Kier alpha value is -2.36. The van der Waals surface area contributed by atoms with E-state index >= 15 is 0 Å². The van der Waals surface area contributed by atoms with Crippen molar-refractivity contribution >= 4 is 38.7 Å². The predicted octanol–water partition coefficient (Wildman–Crippen LogP) is 5.76. The van der Waals surface area contributed by atoms with Gasteiger partial charge in [-0.25, -0.2) is 0 Å². The van der Waals surface area contributed by atoms with E-state index < -0.39 is 5.92 Å². The molecule has 2 heterocycles. The number of benzene rings is 1. The number of rotatable bonds is 2. The summed E-state index contributed by atoms with van der Waals surface area (Å²) in [5.74, 6) is 0.106. The van der Waals surface area contributed by atoms with Crippen molar-refractivity contribution in [3.8, 4) is 6.07 Å². The molecule has 1 aromatic heterocycles. The molecule has 2 aliphatic rings. The van der Waals surface area contributed by atoms with Gasteiger partial charge in [-0.1, -0.05) is 31.5 Å². The number of carbonyl (C=O) groups excluding carboxylic acids is 1. The molecule has 2 N–H and O–H groups in total. The van der Waals surface area contributed by atoms with Gasteiger partial charge in [0, 0.05) is 28.3 Å². The number of allylic oxidation sites excluding steroid dienone is 3. The third kappa shape index (κ3) is 3.43. The van der Waals surface area contributed by atoms with E-state index in [1.165, 1.54) is 0 Å². The molecule has 0 saturated heterocycles. The summed E-state index contributed by atoms with van der Waals surface area (Å²) in [7, 11) is 0. The molecule has 0 radical (unpaired) electrons. The Morgan fingerprint density at radius 1 is 1.21 bits per heavy atom. The van der Waals surface area contributed by atoms with Crippen molar-refractivity contribution in [3.05, 3.63) is 73.3 Å². The fraction of sp³-hybridized carbons (Fsp3) is 0.304. The molecule has 148 valence electrons. The third-order valence-corrected chi connectivity index (χ3v) is 7.24. The molecule has 0 fully saturated rings. The van der Waals surface area contributed by atoms with E-state index in [0.29, 0.717) is 23.4 Å². The van der Waals surface area contributed by atoms with Crippen molar-refractivity contribution in [2.75, 3.05) is 4.90 Å². The van der Waals surface area contributed by atoms with Gasteiger partial charge in [-0.2, -0.15) is 5.26 Å². The minimum absolute atomic E-state index is 0.100. The quantitative estimate of drug-likeness (QED) is 0.609. The second kappa shape index (κ2) is 7.16. The Labute approximate surface area is 183 Å². The number of nitrogens with two attached hydrogens (primary N) is 1. The summed E-state index contributed by atoms with van der Waals surface area (Å²) in [6.07, 6.45) is 1.19. The van der Waals surface area contributed by atoms with Crippen LogP contribution in [0.5, 0.6) is 0 Å². The van der Waals surface area contributed by atoms with E-state index in [0.717, 1.165) is 32.0 Å². The number of ketones is 1. The van der Waals surface area contributed by atoms with Crippen LogP contribution in [-0.2, 0) is 4.79 Å². The van der Waals surface area contributed by atoms with Gasteiger partial charge in [0.05, 0.1) is 21.3 Å². The van der Waals surface area contributed by atoms with Crippen LogP contribution in [0.25, 0.3) is 0 Å². The molecular formula is C23H22BrN3OS. The van der Waals surface area contributed by atoms with Crippen molar-refractivity contribution in [1.82, 2.24) is 0 Å². The zero-order valence-corrected chi connectivity index (χ0v) is 19.0. The lowest BCUT2D eigenvalue weighted by molar-refractivity contribution is -0.118. The number of halogens is 1. The summed E-state index contributed by atoms with van der Waals surface area (Å²) >= 11 is 5.05. The highest BCUT2D eigenvalue weighted by Gasteiger charge is 2.45. The zero-order chi connectivity index (χ0) is 20.9. The van der Waals surface area contributed by atoms with Gasteiger partial charge in [-0.05, 0) is 59.0 Å². The zero-order valence-electron chi connectivity index (χ0n) is 16.6. The number of hydrogen-bond acceptors (Lipinski definition) is 5. The summed E-state index contributed by atoms with van der Waals surface area (Å²) < 4.78 is 0.968. The van der Waals surface area contributed by atoms with E-state index in [-0.39, 0.29) is 11.2 Å². The first-order valence-corrected chi connectivity index (χ1v) is 11.1. The van der Waals surface area contributed by atoms with Gasteiger partial charge in [0.15, 0.2) is 5.78 Å². The molecule has 1 aromatic carbocycles. The molecule has 29 heavy (non-hydrogen) atoms. The van der Waals surface area contributed by atoms with Crippen molar-refractivity contribution in [1.29, 1.82) is 5.26 Å². The summed E-state index contributed by atoms with van der Waals surface area (Å²) in [5.41, 5.74) is 10.5. The number of thiophene rings is 1. The Morgan fingerprint density at radius 2 is 1.90 bits per heavy atom. The number of aryl methyl sites for hydroxylation is 1. The van der Waals surface area contributed by atoms with Crippen LogP contribution in [0.15, 0.2) is 62.8 Å². The molecule has 0 saturated carbocycles. The fourth-order valence-electron chi connectivity index (χ4n) is 4.27. The normalized spacial score (nSPS) is 21.3. The van der Waals surface area contributed by atoms with Crippen LogP contribution in [0.1, 0.15) is 43.0 Å². The van der Waals surface area contributed by atoms with Gasteiger partial charge in [-0.3, -0.25) is 9.69 Å². The number of anilines is 1. The standard InChI is InChI=1S/C23H22BrN3OS/c1-13-4-6-14(7-5-13)27-16-10-23(2,3)11-17(28)21(16)20(15(12-25)22(27)26)18-8-9-19(24)29-18/h4-9,20H,10-11,26H2,1-3H3/t20-/m0/s1. The highest BCUT2D eigenvalue weighted by Crippen LogP contribution is 2.51. The van der Waals surface area contributed by atoms with Crippen LogP contribution in [0, 0.1) is 23.7 Å². The molecule has 0 spiro atoms. The number of Topliss-reactive ketones (excluding diaryl/α,β-unsaturated/α-hetero) is 1. The average molecular weight is 468 g/mol. The second-order valence-corrected chi connectivity index (χ2v) is 11.0. The van der Waals surface area contributed by atoms with Crippen LogP contribution >= 0.6 is 27.3 Å². The molecule has 1 aliphatic carbocycles. The van der Waals surface area contributed by atoms with Gasteiger partial charge < -0.3 is 5.73 Å². The van der Waals surface area contributed by atoms with Crippen molar-refractivity contribution < 1.29 is 4.79 Å². The van der Waals surface area contributed by atoms with Crippen LogP contribution in [0.3, 0.4) is 0 Å². The van der Waals surface area contributed by atoms with Gasteiger partial charge in [0.25, 0.3) is 0 Å². The Balaban J connectivity index is 1.99. The molecule has 0 amide bonds. The van der Waals surface area contributed by atoms with E-state index in [9.17, 15) is 10.1 Å². The number of hydrogen-bond donors (Lipinski definition) is 1. The highest BCUT2D eigenvalue weighted by atomic mass is 79.9. The maximum atomic E-state index is 13.4. The van der Waals surface area contributed by atoms with Crippen molar-refractivity contribution in [2.45, 2.75) is 39.5 Å². The number of nitrogens with zero attached hydrogens (tertiary/aromatic N) is 2. The summed E-state index contributed by atoms with van der Waals surface area (Å²) in [6.45, 7) is 6.25. The molecule has 6 heteroatoms. The topological polar surface area (TPSA) is 70.1 Å². The van der Waals surface area contributed by atoms with Crippen molar-refractivity contribution in [3.63, 3.8) is 0 Å². The molecule has 4 nitrogen and oxygen atoms in total. The smallest absolute Gasteiger partial charge is 0.162 e. The summed E-state index contributed by atoms with van der Waals surface area (Å²) in [6, 6.07) is 14.3. The minimum atomic E-state index is -0.406. The molecule has 0 unspecified atom stereocenters. The van der Waals surface area contributed by atoms with Crippen LogP contribution in [0.2, 0.25) is 0 Å². The van der Waals surface area contributed by atoms with Gasteiger partial charge in [0.2, 0.25) is 0 Å². The van der Waals surface area contributed by atoms with Gasteiger partial charge in [-0.15, -0.1) is 11.3 Å². The fourth-order valence-corrected chi connectivity index (χ4v) is 5.81. The minimum Gasteiger partial charge on any atom is -0.384 e. The van der Waals surface area contributed by atoms with E-state index in [1.807, 2.05) is 48.2 Å². The maximum absolute atomic E-state index is 13.4. The first-order chi connectivity index (χ1) is 13.7. The van der Waals surface area contributed by atoms with E-state index in [4.69, 9.17) is 5.73 Å².